The lowest BCUT2D eigenvalue weighted by atomic mass is 9.96. The van der Waals surface area contributed by atoms with Crippen LogP contribution in [0.5, 0.6) is 0 Å². The zero-order valence-electron chi connectivity index (χ0n) is 13.9. The lowest BCUT2D eigenvalue weighted by Gasteiger charge is -2.20. The molecule has 6 heteroatoms. The van der Waals surface area contributed by atoms with Crippen molar-refractivity contribution < 1.29 is 5.11 Å². The van der Waals surface area contributed by atoms with Crippen LogP contribution in [0.1, 0.15) is 36.2 Å². The number of anilines is 1. The van der Waals surface area contributed by atoms with E-state index in [0.717, 1.165) is 48.5 Å². The van der Waals surface area contributed by atoms with E-state index in [2.05, 4.69) is 29.8 Å². The maximum atomic E-state index is 9.10. The molecular weight excluding hydrogens is 320 g/mol. The Morgan fingerprint density at radius 3 is 3.00 bits per heavy atom. The SMILES string of the molecule is Cc1nn2c(NCCCO)c3c(nc2c1-c1cccs1)CCCC3. The molecule has 4 rings (SSSR count). The molecule has 3 aromatic rings. The second-order valence-corrected chi connectivity index (χ2v) is 7.22. The van der Waals surface area contributed by atoms with Crippen molar-refractivity contribution in [2.75, 3.05) is 18.5 Å². The van der Waals surface area contributed by atoms with Crippen molar-refractivity contribution in [2.24, 2.45) is 0 Å². The van der Waals surface area contributed by atoms with Crippen LogP contribution >= 0.6 is 11.3 Å². The second-order valence-electron chi connectivity index (χ2n) is 6.27. The highest BCUT2D eigenvalue weighted by molar-refractivity contribution is 7.13. The number of hydrogen-bond donors (Lipinski definition) is 2. The van der Waals surface area contributed by atoms with E-state index in [1.54, 1.807) is 11.3 Å². The molecule has 0 amide bonds. The van der Waals surface area contributed by atoms with E-state index in [1.165, 1.54) is 29.0 Å². The third-order valence-electron chi connectivity index (χ3n) is 4.61. The van der Waals surface area contributed by atoms with Gasteiger partial charge in [0.1, 0.15) is 5.82 Å². The Bertz CT molecular complexity index is 854. The molecule has 3 heterocycles. The van der Waals surface area contributed by atoms with Gasteiger partial charge in [-0.3, -0.25) is 0 Å². The minimum Gasteiger partial charge on any atom is -0.396 e. The number of rotatable bonds is 5. The van der Waals surface area contributed by atoms with Crippen molar-refractivity contribution in [1.29, 1.82) is 0 Å². The topological polar surface area (TPSA) is 62.5 Å². The number of fused-ring (bicyclic) bond motifs is 2. The van der Waals surface area contributed by atoms with E-state index in [4.69, 9.17) is 15.2 Å². The van der Waals surface area contributed by atoms with E-state index in [9.17, 15) is 0 Å². The van der Waals surface area contributed by atoms with Gasteiger partial charge in [0.2, 0.25) is 0 Å². The van der Waals surface area contributed by atoms with Gasteiger partial charge < -0.3 is 10.4 Å². The molecule has 0 saturated heterocycles. The Labute approximate surface area is 145 Å². The summed E-state index contributed by atoms with van der Waals surface area (Å²) in [6.45, 7) is 3.00. The number of thiophene rings is 1. The lowest BCUT2D eigenvalue weighted by molar-refractivity contribution is 0.292. The van der Waals surface area contributed by atoms with Gasteiger partial charge in [0.25, 0.3) is 0 Å². The Hall–Kier alpha value is -1.92. The minimum absolute atomic E-state index is 0.196. The van der Waals surface area contributed by atoms with Gasteiger partial charge in [-0.25, -0.2) is 4.98 Å². The summed E-state index contributed by atoms with van der Waals surface area (Å²) < 4.78 is 1.98. The van der Waals surface area contributed by atoms with Crippen LogP contribution in [0, 0.1) is 6.92 Å². The van der Waals surface area contributed by atoms with Crippen molar-refractivity contribution in [3.63, 3.8) is 0 Å². The predicted octanol–water partition coefficient (Wildman–Crippen LogP) is 3.44. The predicted molar refractivity (Wildman–Crippen MR) is 97.9 cm³/mol. The average Bonchev–Trinajstić information content (AvgIpc) is 3.21. The van der Waals surface area contributed by atoms with Gasteiger partial charge in [-0.05, 0) is 50.5 Å². The van der Waals surface area contributed by atoms with E-state index in [0.29, 0.717) is 0 Å². The van der Waals surface area contributed by atoms with Gasteiger partial charge in [-0.2, -0.15) is 9.61 Å². The number of hydrogen-bond acceptors (Lipinski definition) is 5. The Morgan fingerprint density at radius 2 is 2.21 bits per heavy atom. The van der Waals surface area contributed by atoms with Gasteiger partial charge >= 0.3 is 0 Å². The third kappa shape index (κ3) is 2.59. The van der Waals surface area contributed by atoms with Gasteiger partial charge in [0, 0.05) is 29.3 Å². The maximum absolute atomic E-state index is 9.10. The first-order valence-corrected chi connectivity index (χ1v) is 9.47. The molecular formula is C18H22N4OS. The first kappa shape index (κ1) is 15.6. The summed E-state index contributed by atoms with van der Waals surface area (Å²) in [5.41, 5.74) is 5.60. The monoisotopic (exact) mass is 342 g/mol. The highest BCUT2D eigenvalue weighted by Crippen LogP contribution is 2.35. The van der Waals surface area contributed by atoms with Crippen LogP contribution in [-0.4, -0.2) is 32.9 Å². The minimum atomic E-state index is 0.196. The first-order chi connectivity index (χ1) is 11.8. The van der Waals surface area contributed by atoms with Crippen molar-refractivity contribution in [3.05, 3.63) is 34.5 Å². The van der Waals surface area contributed by atoms with Crippen LogP contribution in [0.3, 0.4) is 0 Å². The van der Waals surface area contributed by atoms with Crippen molar-refractivity contribution in [1.82, 2.24) is 14.6 Å². The fourth-order valence-electron chi connectivity index (χ4n) is 3.47. The fraction of sp³-hybridized carbons (Fsp3) is 0.444. The summed E-state index contributed by atoms with van der Waals surface area (Å²) >= 11 is 1.73. The third-order valence-corrected chi connectivity index (χ3v) is 5.50. The highest BCUT2D eigenvalue weighted by Gasteiger charge is 2.23. The molecule has 0 saturated carbocycles. The molecule has 126 valence electrons. The molecule has 0 radical (unpaired) electrons. The van der Waals surface area contributed by atoms with Crippen molar-refractivity contribution >= 4 is 22.8 Å². The zero-order valence-corrected chi connectivity index (χ0v) is 14.7. The first-order valence-electron chi connectivity index (χ1n) is 8.59. The molecule has 0 fully saturated rings. The molecule has 0 unspecified atom stereocenters. The largest absolute Gasteiger partial charge is 0.396 e. The normalized spacial score (nSPS) is 14.1. The summed E-state index contributed by atoms with van der Waals surface area (Å²) in [7, 11) is 0. The number of aliphatic hydroxyl groups excluding tert-OH is 1. The van der Waals surface area contributed by atoms with Crippen LogP contribution < -0.4 is 5.32 Å². The number of nitrogens with zero attached hydrogens (tertiary/aromatic N) is 3. The number of aromatic nitrogens is 3. The van der Waals surface area contributed by atoms with Gasteiger partial charge in [-0.1, -0.05) is 6.07 Å². The summed E-state index contributed by atoms with van der Waals surface area (Å²) in [4.78, 5) is 6.21. The summed E-state index contributed by atoms with van der Waals surface area (Å²) in [5.74, 6) is 1.06. The van der Waals surface area contributed by atoms with E-state index < -0.39 is 0 Å². The summed E-state index contributed by atoms with van der Waals surface area (Å²) in [5, 5.41) is 19.5. The zero-order chi connectivity index (χ0) is 16.5. The number of aryl methyl sites for hydroxylation is 2. The highest BCUT2D eigenvalue weighted by atomic mass is 32.1. The van der Waals surface area contributed by atoms with Crippen LogP contribution in [0.25, 0.3) is 16.1 Å². The Morgan fingerprint density at radius 1 is 1.33 bits per heavy atom. The van der Waals surface area contributed by atoms with E-state index in [-0.39, 0.29) is 6.61 Å². The Kier molecular flexibility index (Phi) is 4.24. The molecule has 1 aliphatic rings. The fourth-order valence-corrected chi connectivity index (χ4v) is 4.29. The molecule has 5 nitrogen and oxygen atoms in total. The lowest BCUT2D eigenvalue weighted by Crippen LogP contribution is -2.16. The standard InChI is InChI=1S/C18H22N4OS/c1-12-16(15-8-4-11-24-15)18-20-14-7-3-2-6-13(14)17(22(18)21-12)19-9-5-10-23/h4,8,11,19,23H,2-3,5-7,9-10H2,1H3. The molecule has 3 aromatic heterocycles. The van der Waals surface area contributed by atoms with Crippen molar-refractivity contribution in [3.8, 4) is 10.4 Å². The van der Waals surface area contributed by atoms with Gasteiger partial charge in [-0.15, -0.1) is 11.3 Å². The molecule has 0 atom stereocenters. The van der Waals surface area contributed by atoms with E-state index >= 15 is 0 Å². The quantitative estimate of drug-likeness (QED) is 0.697. The molecule has 0 aromatic carbocycles. The van der Waals surface area contributed by atoms with Crippen molar-refractivity contribution in [2.45, 2.75) is 39.0 Å². The smallest absolute Gasteiger partial charge is 0.166 e. The van der Waals surface area contributed by atoms with Crippen LogP contribution in [0.2, 0.25) is 0 Å². The van der Waals surface area contributed by atoms with Crippen LogP contribution in [-0.2, 0) is 12.8 Å². The molecule has 0 bridgehead atoms. The van der Waals surface area contributed by atoms with Gasteiger partial charge in [0.15, 0.2) is 5.65 Å². The van der Waals surface area contributed by atoms with Crippen LogP contribution in [0.15, 0.2) is 17.5 Å². The molecule has 24 heavy (non-hydrogen) atoms. The molecule has 1 aliphatic carbocycles. The molecule has 0 spiro atoms. The molecule has 0 aliphatic heterocycles. The summed E-state index contributed by atoms with van der Waals surface area (Å²) in [6.07, 6.45) is 5.22. The summed E-state index contributed by atoms with van der Waals surface area (Å²) in [6, 6.07) is 4.20. The average molecular weight is 342 g/mol. The van der Waals surface area contributed by atoms with Gasteiger partial charge in [0.05, 0.1) is 11.3 Å². The van der Waals surface area contributed by atoms with Crippen LogP contribution in [0.4, 0.5) is 5.82 Å². The van der Waals surface area contributed by atoms with E-state index in [1.807, 2.05) is 4.52 Å². The number of nitrogens with one attached hydrogen (secondary N) is 1. The maximum Gasteiger partial charge on any atom is 0.166 e. The molecule has 2 N–H and O–H groups in total. The number of aliphatic hydroxyl groups is 1. The second kappa shape index (κ2) is 6.53. The Balaban J connectivity index is 1.92.